The van der Waals surface area contributed by atoms with Crippen molar-refractivity contribution in [2.75, 3.05) is 11.9 Å². The molecule has 2 rings (SSSR count). The van der Waals surface area contributed by atoms with Gasteiger partial charge in [-0.15, -0.1) is 0 Å². The second-order valence-corrected chi connectivity index (χ2v) is 5.68. The highest BCUT2D eigenvalue weighted by Gasteiger charge is 2.56. The summed E-state index contributed by atoms with van der Waals surface area (Å²) >= 11 is 0.778. The minimum Gasteiger partial charge on any atom is -0.373 e. The Labute approximate surface area is 121 Å². The van der Waals surface area contributed by atoms with E-state index in [-0.39, 0.29) is 15.9 Å². The summed E-state index contributed by atoms with van der Waals surface area (Å²) in [5.41, 5.74) is -3.10. The van der Waals surface area contributed by atoms with Crippen LogP contribution in [-0.2, 0) is 11.2 Å². The van der Waals surface area contributed by atoms with E-state index in [0.29, 0.717) is 32.0 Å². The van der Waals surface area contributed by atoms with Crippen molar-refractivity contribution in [2.45, 2.75) is 31.5 Å². The van der Waals surface area contributed by atoms with Gasteiger partial charge in [0.1, 0.15) is 4.88 Å². The zero-order valence-corrected chi connectivity index (χ0v) is 11.7. The van der Waals surface area contributed by atoms with Gasteiger partial charge in [0.15, 0.2) is 5.13 Å². The minimum absolute atomic E-state index is 0.147. The second-order valence-electron chi connectivity index (χ2n) is 4.68. The van der Waals surface area contributed by atoms with Gasteiger partial charge in [0.25, 0.3) is 11.8 Å². The van der Waals surface area contributed by atoms with Crippen LogP contribution in [-0.4, -0.2) is 40.2 Å². The summed E-state index contributed by atoms with van der Waals surface area (Å²) in [4.78, 5) is 27.4. The molecule has 1 aromatic heterocycles. The van der Waals surface area contributed by atoms with E-state index < -0.39 is 17.7 Å². The molecule has 0 bridgehead atoms. The summed E-state index contributed by atoms with van der Waals surface area (Å²) in [7, 11) is 0. The van der Waals surface area contributed by atoms with E-state index in [2.05, 4.69) is 10.3 Å². The normalized spacial score (nSPS) is 18.2. The molecule has 116 valence electrons. The first-order chi connectivity index (χ1) is 9.63. The van der Waals surface area contributed by atoms with Crippen LogP contribution in [0.2, 0.25) is 0 Å². The Morgan fingerprint density at radius 2 is 2.14 bits per heavy atom. The summed E-state index contributed by atoms with van der Waals surface area (Å²) in [6.07, 6.45) is -3.98. The molecular weight excluding hydrogens is 311 g/mol. The molecule has 1 unspecified atom stereocenters. The van der Waals surface area contributed by atoms with Crippen LogP contribution in [0.1, 0.15) is 28.7 Å². The quantitative estimate of drug-likeness (QED) is 0.759. The third-order valence-electron chi connectivity index (χ3n) is 2.99. The molecule has 1 aliphatic rings. The molecule has 0 aromatic carbocycles. The van der Waals surface area contributed by atoms with Crippen molar-refractivity contribution in [3.05, 3.63) is 10.6 Å². The number of hydrogen-bond donors (Lipinski definition) is 3. The third kappa shape index (κ3) is 3.00. The maximum absolute atomic E-state index is 12.5. The first-order valence-corrected chi connectivity index (χ1v) is 6.83. The number of amides is 2. The van der Waals surface area contributed by atoms with Crippen LogP contribution in [0.3, 0.4) is 0 Å². The lowest BCUT2D eigenvalue weighted by molar-refractivity contribution is -0.242. The molecular formula is C11H12F3N3O3S. The van der Waals surface area contributed by atoms with Gasteiger partial charge in [0, 0.05) is 6.54 Å². The van der Waals surface area contributed by atoms with E-state index in [9.17, 15) is 27.9 Å². The maximum Gasteiger partial charge on any atom is 0.426 e. The fraction of sp³-hybridized carbons (Fsp3) is 0.545. The average Bonchev–Trinajstić information content (AvgIpc) is 2.68. The number of aliphatic hydroxyl groups is 1. The number of nitrogens with zero attached hydrogens (tertiary/aromatic N) is 1. The highest BCUT2D eigenvalue weighted by atomic mass is 32.1. The summed E-state index contributed by atoms with van der Waals surface area (Å²) < 4.78 is 37.6. The predicted octanol–water partition coefficient (Wildman–Crippen LogP) is 1.07. The number of aromatic nitrogens is 1. The molecule has 10 heteroatoms. The number of hydrogen-bond acceptors (Lipinski definition) is 5. The highest BCUT2D eigenvalue weighted by molar-refractivity contribution is 7.17. The predicted molar refractivity (Wildman–Crippen MR) is 68.1 cm³/mol. The van der Waals surface area contributed by atoms with Gasteiger partial charge in [-0.25, -0.2) is 4.98 Å². The fourth-order valence-corrected chi connectivity index (χ4v) is 2.56. The largest absolute Gasteiger partial charge is 0.426 e. The average molecular weight is 323 g/mol. The monoisotopic (exact) mass is 323 g/mol. The van der Waals surface area contributed by atoms with Crippen LogP contribution in [0.5, 0.6) is 0 Å². The Balaban J connectivity index is 2.20. The van der Waals surface area contributed by atoms with Crippen LogP contribution < -0.4 is 10.6 Å². The number of thiazole rings is 1. The topological polar surface area (TPSA) is 91.3 Å². The number of nitrogens with one attached hydrogen (secondary N) is 2. The molecule has 2 amide bonds. The Hall–Kier alpha value is -1.68. The van der Waals surface area contributed by atoms with Gasteiger partial charge in [-0.05, 0) is 19.8 Å². The lowest BCUT2D eigenvalue weighted by atomic mass is 10.1. The highest BCUT2D eigenvalue weighted by Crippen LogP contribution is 2.32. The van der Waals surface area contributed by atoms with E-state index >= 15 is 0 Å². The number of rotatable bonds is 2. The Bertz CT molecular complexity index is 583. The standard InChI is InChI=1S/C11H12F3N3O3S/c1-10(20,11(12,13)14)8(19)17-9-16-5-3-2-4-15-7(18)6(5)21-9/h20H,2-4H2,1H3,(H,15,18)(H,16,17,19). The van der Waals surface area contributed by atoms with Crippen LogP contribution in [0, 0.1) is 0 Å². The molecule has 3 N–H and O–H groups in total. The molecule has 0 aliphatic carbocycles. The van der Waals surface area contributed by atoms with Gasteiger partial charge in [-0.3, -0.25) is 14.9 Å². The SMILES string of the molecule is CC(O)(C(=O)Nc1nc2c(s1)C(=O)NCCC2)C(F)(F)F. The van der Waals surface area contributed by atoms with Crippen molar-refractivity contribution in [3.8, 4) is 0 Å². The van der Waals surface area contributed by atoms with Gasteiger partial charge < -0.3 is 10.4 Å². The zero-order valence-electron chi connectivity index (χ0n) is 10.9. The number of anilines is 1. The van der Waals surface area contributed by atoms with Crippen LogP contribution >= 0.6 is 11.3 Å². The van der Waals surface area contributed by atoms with Crippen LogP contribution in [0.15, 0.2) is 0 Å². The lowest BCUT2D eigenvalue weighted by Crippen LogP contribution is -2.52. The van der Waals surface area contributed by atoms with Crippen molar-refractivity contribution in [3.63, 3.8) is 0 Å². The van der Waals surface area contributed by atoms with E-state index in [1.807, 2.05) is 5.32 Å². The first-order valence-electron chi connectivity index (χ1n) is 6.01. The van der Waals surface area contributed by atoms with Gasteiger partial charge in [-0.2, -0.15) is 13.2 Å². The van der Waals surface area contributed by atoms with Crippen molar-refractivity contribution in [2.24, 2.45) is 0 Å². The lowest BCUT2D eigenvalue weighted by Gasteiger charge is -2.24. The van der Waals surface area contributed by atoms with Crippen molar-refractivity contribution >= 4 is 28.3 Å². The summed E-state index contributed by atoms with van der Waals surface area (Å²) in [5, 5.41) is 13.6. The molecule has 0 saturated heterocycles. The number of aryl methyl sites for hydroxylation is 1. The fourth-order valence-electron chi connectivity index (χ4n) is 1.64. The smallest absolute Gasteiger partial charge is 0.373 e. The molecule has 0 fully saturated rings. The van der Waals surface area contributed by atoms with Crippen LogP contribution in [0.4, 0.5) is 18.3 Å². The van der Waals surface area contributed by atoms with Crippen molar-refractivity contribution < 1.29 is 27.9 Å². The molecule has 0 saturated carbocycles. The number of fused-ring (bicyclic) bond motifs is 1. The summed E-state index contributed by atoms with van der Waals surface area (Å²) in [5.74, 6) is -2.01. The van der Waals surface area contributed by atoms with Crippen molar-refractivity contribution in [1.82, 2.24) is 10.3 Å². The van der Waals surface area contributed by atoms with Gasteiger partial charge in [-0.1, -0.05) is 11.3 Å². The van der Waals surface area contributed by atoms with Gasteiger partial charge in [0.2, 0.25) is 5.60 Å². The number of alkyl halides is 3. The zero-order chi connectivity index (χ0) is 15.8. The summed E-state index contributed by atoms with van der Waals surface area (Å²) in [6.45, 7) is 0.847. The summed E-state index contributed by atoms with van der Waals surface area (Å²) in [6, 6.07) is 0. The molecule has 21 heavy (non-hydrogen) atoms. The van der Waals surface area contributed by atoms with Crippen molar-refractivity contribution in [1.29, 1.82) is 0 Å². The number of carbonyl (C=O) groups excluding carboxylic acids is 2. The second kappa shape index (κ2) is 5.26. The molecule has 1 atom stereocenters. The molecule has 0 spiro atoms. The Morgan fingerprint density at radius 1 is 1.48 bits per heavy atom. The maximum atomic E-state index is 12.5. The van der Waals surface area contributed by atoms with E-state index in [1.165, 1.54) is 0 Å². The molecule has 1 aliphatic heterocycles. The molecule has 1 aromatic rings. The molecule has 6 nitrogen and oxygen atoms in total. The van der Waals surface area contributed by atoms with E-state index in [1.54, 1.807) is 0 Å². The van der Waals surface area contributed by atoms with Gasteiger partial charge >= 0.3 is 6.18 Å². The molecule has 2 heterocycles. The number of carbonyl (C=O) groups is 2. The van der Waals surface area contributed by atoms with Gasteiger partial charge in [0.05, 0.1) is 5.69 Å². The van der Waals surface area contributed by atoms with E-state index in [0.717, 1.165) is 11.3 Å². The van der Waals surface area contributed by atoms with Crippen LogP contribution in [0.25, 0.3) is 0 Å². The number of halogens is 3. The first kappa shape index (κ1) is 15.7. The Morgan fingerprint density at radius 3 is 2.76 bits per heavy atom. The minimum atomic E-state index is -5.11. The Kier molecular flexibility index (Phi) is 3.93. The third-order valence-corrected chi connectivity index (χ3v) is 4.01. The van der Waals surface area contributed by atoms with E-state index in [4.69, 9.17) is 0 Å². The molecule has 0 radical (unpaired) electrons.